The van der Waals surface area contributed by atoms with Crippen LogP contribution < -0.4 is 9.47 Å². The highest BCUT2D eigenvalue weighted by molar-refractivity contribution is 5.85. The second-order valence-corrected chi connectivity index (χ2v) is 7.89. The van der Waals surface area contributed by atoms with Gasteiger partial charge in [0.1, 0.15) is 17.2 Å². The van der Waals surface area contributed by atoms with Crippen LogP contribution in [0.4, 0.5) is 0 Å². The minimum Gasteiger partial charge on any atom is -0.493 e. The van der Waals surface area contributed by atoms with Crippen LogP contribution in [0.3, 0.4) is 0 Å². The number of carbonyl (C=O) groups excluding carboxylic acids is 1. The zero-order valence-electron chi connectivity index (χ0n) is 17.1. The molecule has 2 aromatic rings. The Kier molecular flexibility index (Phi) is 7.23. The van der Waals surface area contributed by atoms with E-state index in [1.165, 1.54) is 7.11 Å². The number of hydrogen-bond donors (Lipinski definition) is 1. The van der Waals surface area contributed by atoms with E-state index in [0.717, 1.165) is 35.8 Å². The number of ether oxygens (including phenoxy) is 3. The van der Waals surface area contributed by atoms with E-state index in [1.54, 1.807) is 0 Å². The Morgan fingerprint density at radius 2 is 1.90 bits per heavy atom. The summed E-state index contributed by atoms with van der Waals surface area (Å²) in [6.07, 6.45) is 1.72. The van der Waals surface area contributed by atoms with Gasteiger partial charge in [-0.2, -0.15) is 0 Å². The predicted octanol–water partition coefficient (Wildman–Crippen LogP) is 3.45. The van der Waals surface area contributed by atoms with Crippen LogP contribution in [0.1, 0.15) is 18.4 Å². The van der Waals surface area contributed by atoms with Crippen LogP contribution in [0.25, 0.3) is 0 Å². The van der Waals surface area contributed by atoms with Gasteiger partial charge in [0.2, 0.25) is 0 Å². The Balaban J connectivity index is 0.00000256. The third-order valence-electron chi connectivity index (χ3n) is 5.76. The summed E-state index contributed by atoms with van der Waals surface area (Å²) in [5.41, 5.74) is -0.192. The molecule has 0 bridgehead atoms. The van der Waals surface area contributed by atoms with Crippen LogP contribution in [0.5, 0.6) is 17.2 Å². The second kappa shape index (κ2) is 9.69. The van der Waals surface area contributed by atoms with E-state index < -0.39 is 11.6 Å². The number of methoxy groups -OCH3 is 1. The number of para-hydroxylation sites is 1. The summed E-state index contributed by atoms with van der Waals surface area (Å²) in [4.78, 5) is 14.1. The van der Waals surface area contributed by atoms with Crippen molar-refractivity contribution in [1.82, 2.24) is 4.90 Å². The smallest absolute Gasteiger partial charge is 0.337 e. The minimum absolute atomic E-state index is 0. The van der Waals surface area contributed by atoms with E-state index in [-0.39, 0.29) is 12.4 Å². The molecular weight excluding hydrogens is 406 g/mol. The van der Waals surface area contributed by atoms with Crippen LogP contribution in [0.2, 0.25) is 0 Å². The quantitative estimate of drug-likeness (QED) is 0.728. The fourth-order valence-electron chi connectivity index (χ4n) is 4.10. The molecule has 2 aromatic carbocycles. The van der Waals surface area contributed by atoms with Gasteiger partial charge in [-0.25, -0.2) is 4.79 Å². The average molecular weight is 434 g/mol. The van der Waals surface area contributed by atoms with Crippen molar-refractivity contribution in [2.24, 2.45) is 5.92 Å². The van der Waals surface area contributed by atoms with Gasteiger partial charge in [-0.3, -0.25) is 0 Å². The van der Waals surface area contributed by atoms with Crippen molar-refractivity contribution in [3.63, 3.8) is 0 Å². The SMILES string of the molecule is COC(=O)C1(O)CCN(CC2COc3ccc(Oc4ccccc4)cc3C2)CC1.Cl. The largest absolute Gasteiger partial charge is 0.493 e. The van der Waals surface area contributed by atoms with Crippen LogP contribution >= 0.6 is 12.4 Å². The van der Waals surface area contributed by atoms with Crippen molar-refractivity contribution < 1.29 is 24.1 Å². The molecule has 1 N–H and O–H groups in total. The van der Waals surface area contributed by atoms with E-state index in [0.29, 0.717) is 38.5 Å². The first kappa shape index (κ1) is 22.4. The monoisotopic (exact) mass is 433 g/mol. The van der Waals surface area contributed by atoms with Crippen molar-refractivity contribution in [1.29, 1.82) is 0 Å². The number of benzene rings is 2. The molecule has 1 atom stereocenters. The maximum Gasteiger partial charge on any atom is 0.337 e. The topological polar surface area (TPSA) is 68.2 Å². The molecule has 0 saturated carbocycles. The fraction of sp³-hybridized carbons (Fsp3) is 0.435. The van der Waals surface area contributed by atoms with Gasteiger partial charge >= 0.3 is 5.97 Å². The first-order valence-corrected chi connectivity index (χ1v) is 10.1. The highest BCUT2D eigenvalue weighted by atomic mass is 35.5. The molecule has 0 amide bonds. The summed E-state index contributed by atoms with van der Waals surface area (Å²) in [6, 6.07) is 15.7. The minimum atomic E-state index is -1.34. The Labute approximate surface area is 183 Å². The van der Waals surface area contributed by atoms with E-state index in [9.17, 15) is 9.90 Å². The van der Waals surface area contributed by atoms with Crippen molar-refractivity contribution in [3.8, 4) is 17.2 Å². The Bertz CT molecular complexity index is 852. The summed E-state index contributed by atoms with van der Waals surface area (Å²) >= 11 is 0. The zero-order valence-corrected chi connectivity index (χ0v) is 17.9. The summed E-state index contributed by atoms with van der Waals surface area (Å²) < 4.78 is 16.7. The average Bonchev–Trinajstić information content (AvgIpc) is 2.75. The molecule has 0 radical (unpaired) electrons. The third kappa shape index (κ3) is 5.06. The van der Waals surface area contributed by atoms with Crippen LogP contribution in [-0.4, -0.2) is 54.9 Å². The van der Waals surface area contributed by atoms with E-state index >= 15 is 0 Å². The Morgan fingerprint density at radius 1 is 1.17 bits per heavy atom. The van der Waals surface area contributed by atoms with Crippen LogP contribution in [0, 0.1) is 5.92 Å². The van der Waals surface area contributed by atoms with Gasteiger partial charge in [-0.15, -0.1) is 12.4 Å². The van der Waals surface area contributed by atoms with Gasteiger partial charge in [0.05, 0.1) is 13.7 Å². The number of aliphatic hydroxyl groups is 1. The fourth-order valence-corrected chi connectivity index (χ4v) is 4.10. The summed E-state index contributed by atoms with van der Waals surface area (Å²) in [7, 11) is 1.32. The zero-order chi connectivity index (χ0) is 20.3. The van der Waals surface area contributed by atoms with E-state index in [1.807, 2.05) is 42.5 Å². The lowest BCUT2D eigenvalue weighted by atomic mass is 9.90. The molecule has 30 heavy (non-hydrogen) atoms. The standard InChI is InChI=1S/C23H27NO5.ClH/c1-27-22(25)23(26)9-11-24(12-10-23)15-17-13-18-14-20(7-8-21(18)28-16-17)29-19-5-3-2-4-6-19;/h2-8,14,17,26H,9-13,15-16H2,1H3;1H. The summed E-state index contributed by atoms with van der Waals surface area (Å²) in [6.45, 7) is 2.89. The number of nitrogens with zero attached hydrogens (tertiary/aromatic N) is 1. The summed E-state index contributed by atoms with van der Waals surface area (Å²) in [5.74, 6) is 2.37. The number of fused-ring (bicyclic) bond motifs is 1. The number of likely N-dealkylation sites (tertiary alicyclic amines) is 1. The molecule has 2 heterocycles. The van der Waals surface area contributed by atoms with Crippen molar-refractivity contribution in [3.05, 3.63) is 54.1 Å². The maximum absolute atomic E-state index is 11.8. The molecule has 2 aliphatic rings. The summed E-state index contributed by atoms with van der Waals surface area (Å²) in [5, 5.41) is 10.4. The highest BCUT2D eigenvalue weighted by Gasteiger charge is 2.40. The van der Waals surface area contributed by atoms with Crippen molar-refractivity contribution >= 4 is 18.4 Å². The van der Waals surface area contributed by atoms with Gasteiger partial charge in [0, 0.05) is 25.6 Å². The highest BCUT2D eigenvalue weighted by Crippen LogP contribution is 2.33. The second-order valence-electron chi connectivity index (χ2n) is 7.89. The number of carbonyl (C=O) groups is 1. The van der Waals surface area contributed by atoms with Gasteiger partial charge < -0.3 is 24.2 Å². The molecule has 1 unspecified atom stereocenters. The molecule has 162 valence electrons. The Morgan fingerprint density at radius 3 is 2.60 bits per heavy atom. The van der Waals surface area contributed by atoms with E-state index in [2.05, 4.69) is 11.0 Å². The van der Waals surface area contributed by atoms with Crippen LogP contribution in [-0.2, 0) is 16.0 Å². The number of piperidine rings is 1. The molecule has 1 fully saturated rings. The molecule has 2 aliphatic heterocycles. The predicted molar refractivity (Wildman–Crippen MR) is 116 cm³/mol. The number of hydrogen-bond acceptors (Lipinski definition) is 6. The molecule has 6 nitrogen and oxygen atoms in total. The molecule has 0 aromatic heterocycles. The van der Waals surface area contributed by atoms with Gasteiger partial charge in [-0.1, -0.05) is 18.2 Å². The first-order valence-electron chi connectivity index (χ1n) is 10.1. The molecule has 0 aliphatic carbocycles. The normalized spacial score (nSPS) is 20.3. The van der Waals surface area contributed by atoms with Crippen molar-refractivity contribution in [2.45, 2.75) is 24.9 Å². The lowest BCUT2D eigenvalue weighted by Gasteiger charge is -2.38. The number of halogens is 1. The molecule has 0 spiro atoms. The molecular formula is C23H28ClNO5. The van der Waals surface area contributed by atoms with Gasteiger partial charge in [0.15, 0.2) is 5.60 Å². The molecule has 1 saturated heterocycles. The van der Waals surface area contributed by atoms with Crippen molar-refractivity contribution in [2.75, 3.05) is 33.4 Å². The van der Waals surface area contributed by atoms with Crippen LogP contribution in [0.15, 0.2) is 48.5 Å². The van der Waals surface area contributed by atoms with Gasteiger partial charge in [-0.05, 0) is 55.2 Å². The third-order valence-corrected chi connectivity index (χ3v) is 5.76. The number of esters is 1. The lowest BCUT2D eigenvalue weighted by molar-refractivity contribution is -0.167. The molecule has 4 rings (SSSR count). The Hall–Kier alpha value is -2.28. The number of rotatable bonds is 5. The van der Waals surface area contributed by atoms with Gasteiger partial charge in [0.25, 0.3) is 0 Å². The maximum atomic E-state index is 11.8. The van der Waals surface area contributed by atoms with E-state index in [4.69, 9.17) is 14.2 Å². The first-order chi connectivity index (χ1) is 14.1. The lowest BCUT2D eigenvalue weighted by Crippen LogP contribution is -2.51. The molecule has 7 heteroatoms.